The third-order valence-corrected chi connectivity index (χ3v) is 7.85. The Balaban J connectivity index is 1.80. The van der Waals surface area contributed by atoms with Crippen LogP contribution < -0.4 is 4.90 Å². The Hall–Kier alpha value is -1.30. The molecule has 1 aliphatic rings. The fraction of sp³-hybridized carbons (Fsp3) is 0.312. The van der Waals surface area contributed by atoms with Crippen molar-refractivity contribution in [3.05, 3.63) is 45.3 Å². The lowest BCUT2D eigenvalue weighted by molar-refractivity contribution is 0.434. The van der Waals surface area contributed by atoms with Crippen molar-refractivity contribution in [2.75, 3.05) is 31.1 Å². The van der Waals surface area contributed by atoms with Crippen molar-refractivity contribution in [3.8, 4) is 6.07 Å². The number of nitrogens with zero attached hydrogens (tertiary/aromatic N) is 3. The van der Waals surface area contributed by atoms with E-state index >= 15 is 0 Å². The number of rotatable bonds is 3. The van der Waals surface area contributed by atoms with Crippen molar-refractivity contribution in [1.82, 2.24) is 4.31 Å². The van der Waals surface area contributed by atoms with Crippen LogP contribution >= 0.6 is 34.5 Å². The zero-order valence-corrected chi connectivity index (χ0v) is 16.3. The predicted octanol–water partition coefficient (Wildman–Crippen LogP) is 3.83. The first-order valence-electron chi connectivity index (χ1n) is 7.62. The van der Waals surface area contributed by atoms with Gasteiger partial charge in [0.2, 0.25) is 0 Å². The van der Waals surface area contributed by atoms with Crippen molar-refractivity contribution < 1.29 is 8.42 Å². The minimum atomic E-state index is -3.54. The summed E-state index contributed by atoms with van der Waals surface area (Å²) in [5, 5.41) is 9.83. The number of hydrogen-bond donors (Lipinski definition) is 0. The molecule has 0 amide bonds. The molecule has 0 aliphatic carbocycles. The number of benzene rings is 1. The SMILES string of the molecule is N#Cc1cc(Cl)ccc1N1CCCN(S(=O)(=O)c2ccc(Cl)s2)CC1. The van der Waals surface area contributed by atoms with Crippen LogP contribution in [0.2, 0.25) is 9.36 Å². The van der Waals surface area contributed by atoms with Gasteiger partial charge in [0.1, 0.15) is 10.3 Å². The highest BCUT2D eigenvalue weighted by Crippen LogP contribution is 2.30. The molecule has 1 fully saturated rings. The van der Waals surface area contributed by atoms with Crippen LogP contribution in [0.15, 0.2) is 34.5 Å². The van der Waals surface area contributed by atoms with Crippen molar-refractivity contribution in [2.45, 2.75) is 10.6 Å². The van der Waals surface area contributed by atoms with Crippen LogP contribution in [0.25, 0.3) is 0 Å². The van der Waals surface area contributed by atoms with Gasteiger partial charge in [-0.25, -0.2) is 8.42 Å². The van der Waals surface area contributed by atoms with E-state index in [1.807, 2.05) is 11.0 Å². The van der Waals surface area contributed by atoms with E-state index in [0.717, 1.165) is 17.0 Å². The average molecular weight is 416 g/mol. The molecule has 0 spiro atoms. The van der Waals surface area contributed by atoms with Crippen molar-refractivity contribution in [2.24, 2.45) is 0 Å². The van der Waals surface area contributed by atoms with Gasteiger partial charge in [0.25, 0.3) is 10.0 Å². The van der Waals surface area contributed by atoms with Crippen LogP contribution in [-0.2, 0) is 10.0 Å². The average Bonchev–Trinajstić information content (AvgIpc) is 2.88. The van der Waals surface area contributed by atoms with Gasteiger partial charge in [-0.15, -0.1) is 11.3 Å². The first kappa shape index (κ1) is 18.5. The van der Waals surface area contributed by atoms with Crippen LogP contribution in [0.1, 0.15) is 12.0 Å². The molecule has 0 unspecified atom stereocenters. The third kappa shape index (κ3) is 3.94. The van der Waals surface area contributed by atoms with Gasteiger partial charge in [-0.3, -0.25) is 0 Å². The summed E-state index contributed by atoms with van der Waals surface area (Å²) in [4.78, 5) is 2.03. The Labute approximate surface area is 161 Å². The summed E-state index contributed by atoms with van der Waals surface area (Å²) in [5.41, 5.74) is 1.28. The maximum absolute atomic E-state index is 12.8. The van der Waals surface area contributed by atoms with Gasteiger partial charge in [0, 0.05) is 31.2 Å². The van der Waals surface area contributed by atoms with Gasteiger partial charge in [-0.05, 0) is 36.8 Å². The smallest absolute Gasteiger partial charge is 0.252 e. The maximum atomic E-state index is 12.8. The lowest BCUT2D eigenvalue weighted by Crippen LogP contribution is -2.35. The van der Waals surface area contributed by atoms with Gasteiger partial charge in [-0.2, -0.15) is 9.57 Å². The molecule has 0 saturated carbocycles. The Morgan fingerprint density at radius 1 is 1.08 bits per heavy atom. The van der Waals surface area contributed by atoms with Crippen molar-refractivity contribution in [1.29, 1.82) is 5.26 Å². The van der Waals surface area contributed by atoms with E-state index in [1.54, 1.807) is 18.2 Å². The first-order chi connectivity index (χ1) is 11.9. The van der Waals surface area contributed by atoms with Crippen LogP contribution in [-0.4, -0.2) is 38.9 Å². The van der Waals surface area contributed by atoms with Gasteiger partial charge < -0.3 is 4.90 Å². The molecule has 1 aliphatic heterocycles. The van der Waals surface area contributed by atoms with E-state index in [9.17, 15) is 13.7 Å². The standard InChI is InChI=1S/C16H15Cl2N3O2S2/c17-13-2-3-14(12(10-13)11-19)20-6-1-7-21(9-8-20)25(22,23)16-5-4-15(18)24-16/h2-5,10H,1,6-9H2. The molecule has 9 heteroatoms. The number of halogens is 2. The molecule has 0 radical (unpaired) electrons. The first-order valence-corrected chi connectivity index (χ1v) is 10.6. The molecule has 1 aromatic heterocycles. The molecule has 2 heterocycles. The molecule has 3 rings (SSSR count). The predicted molar refractivity (Wildman–Crippen MR) is 101 cm³/mol. The highest BCUT2D eigenvalue weighted by Gasteiger charge is 2.28. The van der Waals surface area contributed by atoms with E-state index < -0.39 is 10.0 Å². The minimum Gasteiger partial charge on any atom is -0.369 e. The van der Waals surface area contributed by atoms with Gasteiger partial charge in [0.05, 0.1) is 15.6 Å². The summed E-state index contributed by atoms with van der Waals surface area (Å²) in [6.07, 6.45) is 0.672. The normalized spacial score (nSPS) is 16.4. The Morgan fingerprint density at radius 3 is 2.56 bits per heavy atom. The molecule has 5 nitrogen and oxygen atoms in total. The Bertz CT molecular complexity index is 922. The minimum absolute atomic E-state index is 0.259. The Kier molecular flexibility index (Phi) is 5.56. The topological polar surface area (TPSA) is 64.4 Å². The lowest BCUT2D eigenvalue weighted by Gasteiger charge is -2.24. The van der Waals surface area contributed by atoms with Crippen molar-refractivity contribution in [3.63, 3.8) is 0 Å². The van der Waals surface area contributed by atoms with Gasteiger partial charge in [-0.1, -0.05) is 23.2 Å². The summed E-state index contributed by atoms with van der Waals surface area (Å²) in [5.74, 6) is 0. The second kappa shape index (κ2) is 7.52. The number of sulfonamides is 1. The molecule has 25 heavy (non-hydrogen) atoms. The molecule has 0 atom stereocenters. The molecule has 2 aromatic rings. The molecular weight excluding hydrogens is 401 g/mol. The van der Waals surface area contributed by atoms with Crippen LogP contribution in [0.4, 0.5) is 5.69 Å². The molecule has 132 valence electrons. The molecular formula is C16H15Cl2N3O2S2. The quantitative estimate of drug-likeness (QED) is 0.763. The fourth-order valence-corrected chi connectivity index (χ4v) is 6.09. The van der Waals surface area contributed by atoms with E-state index in [-0.39, 0.29) is 4.21 Å². The van der Waals surface area contributed by atoms with Gasteiger partial charge >= 0.3 is 0 Å². The van der Waals surface area contributed by atoms with Crippen LogP contribution in [0, 0.1) is 11.3 Å². The Morgan fingerprint density at radius 2 is 1.88 bits per heavy atom. The fourth-order valence-electron chi connectivity index (χ4n) is 2.81. The third-order valence-electron chi connectivity index (χ3n) is 4.02. The van der Waals surface area contributed by atoms with E-state index in [2.05, 4.69) is 6.07 Å². The number of hydrogen-bond acceptors (Lipinski definition) is 5. The summed E-state index contributed by atoms with van der Waals surface area (Å²) in [6, 6.07) is 10.5. The zero-order valence-electron chi connectivity index (χ0n) is 13.2. The number of nitriles is 1. The molecule has 0 bridgehead atoms. The summed E-state index contributed by atoms with van der Waals surface area (Å²) < 4.78 is 27.7. The zero-order chi connectivity index (χ0) is 18.0. The number of thiophene rings is 1. The van der Waals surface area contributed by atoms with E-state index in [0.29, 0.717) is 47.5 Å². The lowest BCUT2D eigenvalue weighted by atomic mass is 10.1. The van der Waals surface area contributed by atoms with Gasteiger partial charge in [0.15, 0.2) is 0 Å². The monoisotopic (exact) mass is 415 g/mol. The van der Waals surface area contributed by atoms with E-state index in [4.69, 9.17) is 23.2 Å². The highest BCUT2D eigenvalue weighted by atomic mass is 35.5. The van der Waals surface area contributed by atoms with E-state index in [1.165, 1.54) is 10.4 Å². The second-order valence-corrected chi connectivity index (χ2v) is 9.89. The second-order valence-electron chi connectivity index (χ2n) is 5.58. The summed E-state index contributed by atoms with van der Waals surface area (Å²) in [6.45, 7) is 1.97. The molecule has 1 saturated heterocycles. The summed E-state index contributed by atoms with van der Waals surface area (Å²) in [7, 11) is -3.54. The van der Waals surface area contributed by atoms with Crippen molar-refractivity contribution >= 4 is 50.2 Å². The van der Waals surface area contributed by atoms with Crippen LogP contribution in [0.3, 0.4) is 0 Å². The maximum Gasteiger partial charge on any atom is 0.252 e. The molecule has 0 N–H and O–H groups in total. The summed E-state index contributed by atoms with van der Waals surface area (Å²) >= 11 is 12.9. The largest absolute Gasteiger partial charge is 0.369 e. The molecule has 1 aromatic carbocycles. The highest BCUT2D eigenvalue weighted by molar-refractivity contribution is 7.91. The number of anilines is 1. The van der Waals surface area contributed by atoms with Crippen LogP contribution in [0.5, 0.6) is 0 Å².